The standard InChI is InChI=1S/C18H25FN2O2/c1-4-21(11-14(2)3)18(22)13-20-9-10-23-17(12-20)15-5-7-16(19)8-6-15/h5-8,17H,2,4,9-13H2,1,3H3. The Balaban J connectivity index is 1.94. The highest BCUT2D eigenvalue weighted by atomic mass is 19.1. The highest BCUT2D eigenvalue weighted by Crippen LogP contribution is 2.22. The van der Waals surface area contributed by atoms with Gasteiger partial charge in [0.05, 0.1) is 19.3 Å². The molecule has 1 amide bonds. The Labute approximate surface area is 137 Å². The van der Waals surface area contributed by atoms with Crippen LogP contribution in [0.2, 0.25) is 0 Å². The quantitative estimate of drug-likeness (QED) is 0.756. The lowest BCUT2D eigenvalue weighted by Gasteiger charge is -2.34. The summed E-state index contributed by atoms with van der Waals surface area (Å²) in [6.07, 6.45) is -0.117. The van der Waals surface area contributed by atoms with E-state index in [-0.39, 0.29) is 17.8 Å². The third-order valence-corrected chi connectivity index (χ3v) is 3.95. The Morgan fingerprint density at radius 1 is 1.43 bits per heavy atom. The first-order valence-corrected chi connectivity index (χ1v) is 8.01. The number of morpholine rings is 1. The van der Waals surface area contributed by atoms with E-state index in [9.17, 15) is 9.18 Å². The van der Waals surface area contributed by atoms with Gasteiger partial charge in [-0.05, 0) is 31.5 Å². The summed E-state index contributed by atoms with van der Waals surface area (Å²) < 4.78 is 18.8. The third-order valence-electron chi connectivity index (χ3n) is 3.95. The van der Waals surface area contributed by atoms with Gasteiger partial charge >= 0.3 is 0 Å². The van der Waals surface area contributed by atoms with E-state index in [1.54, 1.807) is 12.1 Å². The number of hydrogen-bond acceptors (Lipinski definition) is 3. The summed E-state index contributed by atoms with van der Waals surface area (Å²) in [4.78, 5) is 16.3. The zero-order chi connectivity index (χ0) is 16.8. The summed E-state index contributed by atoms with van der Waals surface area (Å²) in [5.41, 5.74) is 1.92. The van der Waals surface area contributed by atoms with E-state index in [0.29, 0.717) is 32.8 Å². The highest BCUT2D eigenvalue weighted by Gasteiger charge is 2.24. The predicted molar refractivity (Wildman–Crippen MR) is 88.6 cm³/mol. The van der Waals surface area contributed by atoms with Crippen LogP contribution in [0.4, 0.5) is 4.39 Å². The van der Waals surface area contributed by atoms with Gasteiger partial charge in [-0.1, -0.05) is 24.3 Å². The van der Waals surface area contributed by atoms with Crippen LogP contribution in [-0.4, -0.2) is 55.0 Å². The lowest BCUT2D eigenvalue weighted by Crippen LogP contribution is -2.46. The molecular weight excluding hydrogens is 295 g/mol. The van der Waals surface area contributed by atoms with E-state index in [4.69, 9.17) is 4.74 Å². The van der Waals surface area contributed by atoms with Crippen LogP contribution in [0.1, 0.15) is 25.5 Å². The van der Waals surface area contributed by atoms with Gasteiger partial charge in [0.25, 0.3) is 0 Å². The van der Waals surface area contributed by atoms with E-state index < -0.39 is 0 Å². The van der Waals surface area contributed by atoms with Crippen molar-refractivity contribution in [3.63, 3.8) is 0 Å². The maximum absolute atomic E-state index is 13.0. The topological polar surface area (TPSA) is 32.8 Å². The Kier molecular flexibility index (Phi) is 6.30. The van der Waals surface area contributed by atoms with Crippen molar-refractivity contribution < 1.29 is 13.9 Å². The van der Waals surface area contributed by atoms with E-state index in [1.165, 1.54) is 12.1 Å². The second-order valence-electron chi connectivity index (χ2n) is 6.01. The van der Waals surface area contributed by atoms with Crippen molar-refractivity contribution in [1.29, 1.82) is 0 Å². The normalized spacial score (nSPS) is 18.7. The lowest BCUT2D eigenvalue weighted by molar-refractivity contribution is -0.133. The number of ether oxygens (including phenoxy) is 1. The summed E-state index contributed by atoms with van der Waals surface area (Å²) >= 11 is 0. The second-order valence-corrected chi connectivity index (χ2v) is 6.01. The molecular formula is C18H25FN2O2. The number of halogens is 1. The van der Waals surface area contributed by atoms with Gasteiger partial charge in [0, 0.05) is 26.2 Å². The fourth-order valence-corrected chi connectivity index (χ4v) is 2.72. The smallest absolute Gasteiger partial charge is 0.237 e. The van der Waals surface area contributed by atoms with Crippen LogP contribution in [0.25, 0.3) is 0 Å². The van der Waals surface area contributed by atoms with Gasteiger partial charge in [-0.3, -0.25) is 9.69 Å². The minimum absolute atomic E-state index is 0.107. The molecule has 1 saturated heterocycles. The SMILES string of the molecule is C=C(C)CN(CC)C(=O)CN1CCOC(c2ccc(F)cc2)C1. The monoisotopic (exact) mass is 320 g/mol. The number of amides is 1. The van der Waals surface area contributed by atoms with Crippen molar-refractivity contribution in [3.05, 3.63) is 47.8 Å². The first-order chi connectivity index (χ1) is 11.0. The molecule has 4 nitrogen and oxygen atoms in total. The number of benzene rings is 1. The molecule has 0 N–H and O–H groups in total. The van der Waals surface area contributed by atoms with Crippen LogP contribution in [0, 0.1) is 5.82 Å². The Morgan fingerprint density at radius 3 is 2.74 bits per heavy atom. The van der Waals surface area contributed by atoms with E-state index in [1.807, 2.05) is 18.7 Å². The minimum Gasteiger partial charge on any atom is -0.371 e. The highest BCUT2D eigenvalue weighted by molar-refractivity contribution is 5.78. The summed E-state index contributed by atoms with van der Waals surface area (Å²) in [7, 11) is 0. The van der Waals surface area contributed by atoms with Gasteiger partial charge in [0.15, 0.2) is 0 Å². The van der Waals surface area contributed by atoms with Gasteiger partial charge in [0.1, 0.15) is 5.82 Å². The maximum atomic E-state index is 13.0. The molecule has 23 heavy (non-hydrogen) atoms. The fourth-order valence-electron chi connectivity index (χ4n) is 2.72. The number of hydrogen-bond donors (Lipinski definition) is 0. The molecule has 0 saturated carbocycles. The number of nitrogens with zero attached hydrogens (tertiary/aromatic N) is 2. The van der Waals surface area contributed by atoms with Crippen molar-refractivity contribution in [2.45, 2.75) is 20.0 Å². The Morgan fingerprint density at radius 2 is 2.13 bits per heavy atom. The lowest BCUT2D eigenvalue weighted by atomic mass is 10.1. The van der Waals surface area contributed by atoms with Gasteiger partial charge in [-0.15, -0.1) is 0 Å². The zero-order valence-corrected chi connectivity index (χ0v) is 13.9. The number of rotatable bonds is 6. The average molecular weight is 320 g/mol. The van der Waals surface area contributed by atoms with Crippen molar-refractivity contribution in [2.75, 3.05) is 39.3 Å². The van der Waals surface area contributed by atoms with Crippen molar-refractivity contribution in [2.24, 2.45) is 0 Å². The van der Waals surface area contributed by atoms with Crippen molar-refractivity contribution in [1.82, 2.24) is 9.80 Å². The van der Waals surface area contributed by atoms with E-state index in [0.717, 1.165) is 17.7 Å². The summed E-state index contributed by atoms with van der Waals surface area (Å²) in [6, 6.07) is 6.36. The summed E-state index contributed by atoms with van der Waals surface area (Å²) in [5.74, 6) is -0.148. The van der Waals surface area contributed by atoms with Crippen molar-refractivity contribution in [3.8, 4) is 0 Å². The molecule has 0 bridgehead atoms. The molecule has 1 aromatic rings. The summed E-state index contributed by atoms with van der Waals surface area (Å²) in [5, 5.41) is 0. The fraction of sp³-hybridized carbons (Fsp3) is 0.500. The van der Waals surface area contributed by atoms with Crippen LogP contribution >= 0.6 is 0 Å². The molecule has 5 heteroatoms. The number of carbonyl (C=O) groups is 1. The van der Waals surface area contributed by atoms with Crippen LogP contribution in [0.5, 0.6) is 0 Å². The van der Waals surface area contributed by atoms with Gasteiger partial charge in [-0.25, -0.2) is 4.39 Å². The molecule has 0 aromatic heterocycles. The molecule has 1 aliphatic heterocycles. The second kappa shape index (κ2) is 8.22. The molecule has 0 spiro atoms. The predicted octanol–water partition coefficient (Wildman–Crippen LogP) is 2.62. The number of carbonyl (C=O) groups excluding carboxylic acids is 1. The average Bonchev–Trinajstić information content (AvgIpc) is 2.53. The first-order valence-electron chi connectivity index (χ1n) is 8.01. The van der Waals surface area contributed by atoms with E-state index >= 15 is 0 Å². The van der Waals surface area contributed by atoms with Crippen LogP contribution in [0.3, 0.4) is 0 Å². The van der Waals surface area contributed by atoms with Crippen molar-refractivity contribution >= 4 is 5.91 Å². The van der Waals surface area contributed by atoms with Gasteiger partial charge in [-0.2, -0.15) is 0 Å². The number of likely N-dealkylation sites (N-methyl/N-ethyl adjacent to an activating group) is 1. The zero-order valence-electron chi connectivity index (χ0n) is 13.9. The van der Waals surface area contributed by atoms with E-state index in [2.05, 4.69) is 11.5 Å². The largest absolute Gasteiger partial charge is 0.371 e. The van der Waals surface area contributed by atoms with Gasteiger partial charge < -0.3 is 9.64 Å². The molecule has 0 aliphatic carbocycles. The Bertz CT molecular complexity index is 544. The molecule has 1 atom stereocenters. The minimum atomic E-state index is -0.255. The molecule has 0 radical (unpaired) electrons. The van der Waals surface area contributed by atoms with Crippen LogP contribution in [-0.2, 0) is 9.53 Å². The third kappa shape index (κ3) is 5.15. The molecule has 1 fully saturated rings. The maximum Gasteiger partial charge on any atom is 0.237 e. The molecule has 126 valence electrons. The van der Waals surface area contributed by atoms with Gasteiger partial charge in [0.2, 0.25) is 5.91 Å². The molecule has 1 aliphatic rings. The first kappa shape index (κ1) is 17.6. The molecule has 1 aromatic carbocycles. The Hall–Kier alpha value is -1.72. The van der Waals surface area contributed by atoms with Crippen LogP contribution < -0.4 is 0 Å². The molecule has 1 unspecified atom stereocenters. The summed E-state index contributed by atoms with van der Waals surface area (Å²) in [6.45, 7) is 11.4. The molecule has 1 heterocycles. The molecule has 2 rings (SSSR count). The van der Waals surface area contributed by atoms with Crippen LogP contribution in [0.15, 0.2) is 36.4 Å².